The Morgan fingerprint density at radius 1 is 1.60 bits per heavy atom. The first-order chi connectivity index (χ1) is 9.60. The minimum Gasteiger partial charge on any atom is -0.409 e. The van der Waals surface area contributed by atoms with E-state index < -0.39 is 4.92 Å². The van der Waals surface area contributed by atoms with Crippen LogP contribution >= 0.6 is 0 Å². The first-order valence-corrected chi connectivity index (χ1v) is 6.49. The molecular formula is C12H15N5O3. The predicted octanol–water partition coefficient (Wildman–Crippen LogP) is 1.07. The van der Waals surface area contributed by atoms with Gasteiger partial charge in [-0.3, -0.25) is 10.1 Å². The van der Waals surface area contributed by atoms with Crippen molar-refractivity contribution >= 4 is 17.3 Å². The molecule has 2 heterocycles. The van der Waals surface area contributed by atoms with Crippen LogP contribution < -0.4 is 10.6 Å². The maximum Gasteiger partial charge on any atom is 0.288 e. The average Bonchev–Trinajstić information content (AvgIpc) is 3.08. The normalized spacial score (nSPS) is 25.2. The number of aromatic nitrogens is 1. The number of amidine groups is 1. The Morgan fingerprint density at radius 2 is 2.40 bits per heavy atom. The summed E-state index contributed by atoms with van der Waals surface area (Å²) in [5.74, 6) is 1.06. The number of fused-ring (bicyclic) bond motifs is 2. The van der Waals surface area contributed by atoms with Gasteiger partial charge in [-0.1, -0.05) is 5.16 Å². The molecular weight excluding hydrogens is 262 g/mol. The molecule has 2 atom stereocenters. The molecule has 20 heavy (non-hydrogen) atoms. The Morgan fingerprint density at radius 3 is 2.95 bits per heavy atom. The molecule has 1 aromatic rings. The summed E-state index contributed by atoms with van der Waals surface area (Å²) in [6.07, 6.45) is 4.65. The number of anilines is 1. The van der Waals surface area contributed by atoms with E-state index in [0.717, 1.165) is 19.4 Å². The van der Waals surface area contributed by atoms with E-state index in [9.17, 15) is 10.1 Å². The van der Waals surface area contributed by atoms with Gasteiger partial charge in [0.25, 0.3) is 5.69 Å². The summed E-state index contributed by atoms with van der Waals surface area (Å²) in [6.45, 7) is 0.876. The number of hydrogen-bond donors (Lipinski definition) is 2. The van der Waals surface area contributed by atoms with Gasteiger partial charge in [0.2, 0.25) is 0 Å². The van der Waals surface area contributed by atoms with Crippen molar-refractivity contribution in [3.05, 3.63) is 27.9 Å². The van der Waals surface area contributed by atoms with Gasteiger partial charge < -0.3 is 15.8 Å². The van der Waals surface area contributed by atoms with Crippen LogP contribution in [0.15, 0.2) is 17.4 Å². The van der Waals surface area contributed by atoms with Gasteiger partial charge in [0.15, 0.2) is 5.84 Å². The molecule has 0 radical (unpaired) electrons. The Hall–Kier alpha value is -2.38. The maximum absolute atomic E-state index is 10.8. The Labute approximate surface area is 115 Å². The second-order valence-electron chi connectivity index (χ2n) is 5.29. The van der Waals surface area contributed by atoms with Crippen molar-refractivity contribution in [2.45, 2.75) is 25.3 Å². The zero-order valence-corrected chi connectivity index (χ0v) is 10.8. The van der Waals surface area contributed by atoms with Crippen LogP contribution in [0.3, 0.4) is 0 Å². The van der Waals surface area contributed by atoms with Crippen molar-refractivity contribution in [2.75, 3.05) is 11.4 Å². The molecule has 3 N–H and O–H groups in total. The van der Waals surface area contributed by atoms with E-state index in [0.29, 0.717) is 23.3 Å². The SMILES string of the molecule is NC(=NO)c1cc([N+](=O)[O-])cnc1N1CC2CCC1C2. The van der Waals surface area contributed by atoms with Crippen LogP contribution in [-0.4, -0.2) is 33.5 Å². The fourth-order valence-corrected chi connectivity index (χ4v) is 3.20. The van der Waals surface area contributed by atoms with Gasteiger partial charge in [0.1, 0.15) is 12.0 Å². The fourth-order valence-electron chi connectivity index (χ4n) is 3.20. The number of nitro groups is 1. The Bertz CT molecular complexity index is 588. The number of pyridine rings is 1. The lowest BCUT2D eigenvalue weighted by Gasteiger charge is -2.29. The lowest BCUT2D eigenvalue weighted by atomic mass is 10.1. The average molecular weight is 277 g/mol. The second kappa shape index (κ2) is 4.62. The molecule has 1 aliphatic heterocycles. The highest BCUT2D eigenvalue weighted by Gasteiger charge is 2.39. The van der Waals surface area contributed by atoms with E-state index in [1.54, 1.807) is 0 Å². The van der Waals surface area contributed by atoms with E-state index in [4.69, 9.17) is 10.9 Å². The van der Waals surface area contributed by atoms with Gasteiger partial charge in [-0.15, -0.1) is 0 Å². The van der Waals surface area contributed by atoms with E-state index in [-0.39, 0.29) is 11.5 Å². The van der Waals surface area contributed by atoms with Crippen molar-refractivity contribution in [1.82, 2.24) is 4.98 Å². The highest BCUT2D eigenvalue weighted by Crippen LogP contribution is 2.40. The van der Waals surface area contributed by atoms with Crippen LogP contribution in [0.2, 0.25) is 0 Å². The Kier molecular flexibility index (Phi) is 2.92. The minimum atomic E-state index is -0.541. The lowest BCUT2D eigenvalue weighted by molar-refractivity contribution is -0.385. The largest absolute Gasteiger partial charge is 0.409 e. The molecule has 0 aromatic carbocycles. The third-order valence-corrected chi connectivity index (χ3v) is 4.13. The molecule has 2 unspecified atom stereocenters. The summed E-state index contributed by atoms with van der Waals surface area (Å²) in [6, 6.07) is 1.71. The summed E-state index contributed by atoms with van der Waals surface area (Å²) in [7, 11) is 0. The summed E-state index contributed by atoms with van der Waals surface area (Å²) in [5, 5.41) is 22.7. The zero-order chi connectivity index (χ0) is 14.3. The quantitative estimate of drug-likeness (QED) is 0.280. The zero-order valence-electron chi connectivity index (χ0n) is 10.8. The number of hydrogen-bond acceptors (Lipinski definition) is 6. The van der Waals surface area contributed by atoms with Crippen LogP contribution in [-0.2, 0) is 0 Å². The molecule has 0 spiro atoms. The first-order valence-electron chi connectivity index (χ1n) is 6.49. The van der Waals surface area contributed by atoms with Crippen molar-refractivity contribution in [3.63, 3.8) is 0 Å². The molecule has 1 aliphatic carbocycles. The van der Waals surface area contributed by atoms with Gasteiger partial charge >= 0.3 is 0 Å². The minimum absolute atomic E-state index is 0.154. The number of nitrogens with two attached hydrogens (primary N) is 1. The van der Waals surface area contributed by atoms with Crippen molar-refractivity contribution in [1.29, 1.82) is 0 Å². The molecule has 1 saturated carbocycles. The van der Waals surface area contributed by atoms with Crippen LogP contribution in [0.25, 0.3) is 0 Å². The predicted molar refractivity (Wildman–Crippen MR) is 71.9 cm³/mol. The van der Waals surface area contributed by atoms with Gasteiger partial charge in [-0.25, -0.2) is 4.98 Å². The molecule has 0 amide bonds. The summed E-state index contributed by atoms with van der Waals surface area (Å²) in [4.78, 5) is 16.6. The summed E-state index contributed by atoms with van der Waals surface area (Å²) in [5.41, 5.74) is 5.79. The van der Waals surface area contributed by atoms with Gasteiger partial charge in [0.05, 0.1) is 10.5 Å². The van der Waals surface area contributed by atoms with Gasteiger partial charge in [0, 0.05) is 18.7 Å². The molecule has 1 saturated heterocycles. The Balaban J connectivity index is 2.03. The van der Waals surface area contributed by atoms with Crippen molar-refractivity contribution in [2.24, 2.45) is 16.8 Å². The summed E-state index contributed by atoms with van der Waals surface area (Å²) < 4.78 is 0. The molecule has 1 aromatic heterocycles. The molecule has 8 heteroatoms. The standard InChI is InChI=1S/C12H15N5O3/c13-11(15-18)10-4-9(17(19)20)5-14-12(10)16-6-7-1-2-8(16)3-7/h4-5,7-8,18H,1-3,6H2,(H2,13,15). The van der Waals surface area contributed by atoms with Crippen molar-refractivity contribution < 1.29 is 10.1 Å². The van der Waals surface area contributed by atoms with Crippen molar-refractivity contribution in [3.8, 4) is 0 Å². The fraction of sp³-hybridized carbons (Fsp3) is 0.500. The second-order valence-corrected chi connectivity index (χ2v) is 5.29. The summed E-state index contributed by atoms with van der Waals surface area (Å²) >= 11 is 0. The first kappa shape index (κ1) is 12.6. The lowest BCUT2D eigenvalue weighted by Crippen LogP contribution is -2.34. The number of oxime groups is 1. The van der Waals surface area contributed by atoms with Crippen LogP contribution in [0.5, 0.6) is 0 Å². The highest BCUT2D eigenvalue weighted by atomic mass is 16.6. The third-order valence-electron chi connectivity index (χ3n) is 4.13. The number of nitrogens with zero attached hydrogens (tertiary/aromatic N) is 4. The monoisotopic (exact) mass is 277 g/mol. The molecule has 2 aliphatic rings. The molecule has 2 bridgehead atoms. The maximum atomic E-state index is 10.8. The molecule has 8 nitrogen and oxygen atoms in total. The van der Waals surface area contributed by atoms with Crippen LogP contribution in [0.4, 0.5) is 11.5 Å². The molecule has 106 valence electrons. The van der Waals surface area contributed by atoms with E-state index in [1.807, 2.05) is 0 Å². The van der Waals surface area contributed by atoms with E-state index in [2.05, 4.69) is 15.0 Å². The molecule has 2 fully saturated rings. The molecule has 3 rings (SSSR count). The van der Waals surface area contributed by atoms with Crippen LogP contribution in [0, 0.1) is 16.0 Å². The van der Waals surface area contributed by atoms with Gasteiger partial charge in [-0.2, -0.15) is 0 Å². The smallest absolute Gasteiger partial charge is 0.288 e. The number of piperidine rings is 1. The third kappa shape index (κ3) is 1.93. The van der Waals surface area contributed by atoms with E-state index >= 15 is 0 Å². The highest BCUT2D eigenvalue weighted by molar-refractivity contribution is 6.02. The van der Waals surface area contributed by atoms with E-state index in [1.165, 1.54) is 18.7 Å². The van der Waals surface area contributed by atoms with Gasteiger partial charge in [-0.05, 0) is 25.2 Å². The topological polar surface area (TPSA) is 118 Å². The number of rotatable bonds is 3. The van der Waals surface area contributed by atoms with Crippen LogP contribution in [0.1, 0.15) is 24.8 Å².